The Morgan fingerprint density at radius 3 is 1.00 bits per heavy atom. The third-order valence-electron chi connectivity index (χ3n) is 8.95. The van der Waals surface area contributed by atoms with Crippen molar-refractivity contribution in [2.24, 2.45) is 5.73 Å². The lowest BCUT2D eigenvalue weighted by molar-refractivity contribution is 0.0843. The fourth-order valence-corrected chi connectivity index (χ4v) is 6.12. The van der Waals surface area contributed by atoms with Crippen LogP contribution in [0.4, 0.5) is 4.79 Å². The highest BCUT2D eigenvalue weighted by molar-refractivity contribution is 5.67. The first-order chi connectivity index (χ1) is 20.7. The second-order valence-electron chi connectivity index (χ2n) is 13.2. The summed E-state index contributed by atoms with van der Waals surface area (Å²) >= 11 is 0. The van der Waals surface area contributed by atoms with Gasteiger partial charge in [-0.15, -0.1) is 0 Å². The summed E-state index contributed by atoms with van der Waals surface area (Å²) < 4.78 is 5.79. The number of rotatable bonds is 35. The monoisotopic (exact) mass is 595 g/mol. The molecule has 0 aliphatic rings. The molecule has 0 aromatic rings. The van der Waals surface area contributed by atoms with Crippen LogP contribution < -0.4 is 11.1 Å². The Kier molecular flexibility index (Phi) is 35.8. The van der Waals surface area contributed by atoms with Crippen LogP contribution in [0.25, 0.3) is 0 Å². The zero-order valence-corrected chi connectivity index (χ0v) is 29.0. The standard InChI is InChI=1S/C38H78N2O2/c1-3-5-7-9-11-13-15-17-19-21-23-25-27-29-31-33-37(42-38(41)40-36-35-39)34-32-30-28-26-24-22-20-18-16-14-12-10-8-6-4-2/h37H,3-36,39H2,1-2H3,(H,40,41). The molecule has 1 amide bonds. The van der Waals surface area contributed by atoms with Crippen molar-refractivity contribution in [3.05, 3.63) is 0 Å². The van der Waals surface area contributed by atoms with Crippen molar-refractivity contribution in [3.8, 4) is 0 Å². The van der Waals surface area contributed by atoms with E-state index in [4.69, 9.17) is 10.5 Å². The largest absolute Gasteiger partial charge is 0.446 e. The predicted octanol–water partition coefficient (Wildman–Crippen LogP) is 12.6. The Morgan fingerprint density at radius 2 is 0.738 bits per heavy atom. The number of amides is 1. The van der Waals surface area contributed by atoms with Crippen LogP contribution in [0.15, 0.2) is 0 Å². The van der Waals surface area contributed by atoms with E-state index < -0.39 is 0 Å². The molecule has 0 spiro atoms. The van der Waals surface area contributed by atoms with E-state index in [9.17, 15) is 4.79 Å². The minimum absolute atomic E-state index is 0.0618. The Labute approximate surface area is 264 Å². The molecule has 0 heterocycles. The number of carbonyl (C=O) groups is 1. The number of nitrogens with one attached hydrogen (secondary N) is 1. The first-order valence-corrected chi connectivity index (χ1v) is 19.4. The summed E-state index contributed by atoms with van der Waals surface area (Å²) in [5.41, 5.74) is 5.53. The van der Waals surface area contributed by atoms with E-state index >= 15 is 0 Å². The molecule has 0 aliphatic heterocycles. The zero-order chi connectivity index (χ0) is 30.6. The molecule has 0 bridgehead atoms. The minimum atomic E-state index is -0.285. The lowest BCUT2D eigenvalue weighted by Gasteiger charge is -2.18. The van der Waals surface area contributed by atoms with Gasteiger partial charge in [0.2, 0.25) is 0 Å². The molecule has 0 unspecified atom stereocenters. The highest BCUT2D eigenvalue weighted by Crippen LogP contribution is 2.19. The van der Waals surface area contributed by atoms with Crippen LogP contribution >= 0.6 is 0 Å². The Balaban J connectivity index is 3.74. The molecule has 0 aromatic heterocycles. The number of nitrogens with two attached hydrogens (primary N) is 1. The van der Waals surface area contributed by atoms with Crippen LogP contribution in [0.3, 0.4) is 0 Å². The maximum atomic E-state index is 12.1. The minimum Gasteiger partial charge on any atom is -0.446 e. The fraction of sp³-hybridized carbons (Fsp3) is 0.974. The van der Waals surface area contributed by atoms with Crippen molar-refractivity contribution in [1.82, 2.24) is 5.32 Å². The Morgan fingerprint density at radius 1 is 0.476 bits per heavy atom. The smallest absolute Gasteiger partial charge is 0.407 e. The van der Waals surface area contributed by atoms with Crippen molar-refractivity contribution >= 4 is 6.09 Å². The summed E-state index contributed by atoms with van der Waals surface area (Å²) in [7, 11) is 0. The predicted molar refractivity (Wildman–Crippen MR) is 186 cm³/mol. The molecule has 0 atom stereocenters. The zero-order valence-electron chi connectivity index (χ0n) is 29.0. The summed E-state index contributed by atoms with van der Waals surface area (Å²) in [6.07, 6.45) is 43.2. The molecule has 252 valence electrons. The van der Waals surface area contributed by atoms with Gasteiger partial charge in [0.15, 0.2) is 0 Å². The van der Waals surface area contributed by atoms with E-state index in [-0.39, 0.29) is 12.2 Å². The lowest BCUT2D eigenvalue weighted by atomic mass is 10.0. The quantitative estimate of drug-likeness (QED) is 0.0717. The summed E-state index contributed by atoms with van der Waals surface area (Å²) in [5.74, 6) is 0. The van der Waals surface area contributed by atoms with Crippen molar-refractivity contribution in [1.29, 1.82) is 0 Å². The summed E-state index contributed by atoms with van der Waals surface area (Å²) in [6.45, 7) is 5.53. The number of unbranched alkanes of at least 4 members (excludes halogenated alkanes) is 28. The average Bonchev–Trinajstić information content (AvgIpc) is 2.99. The van der Waals surface area contributed by atoms with E-state index in [1.165, 1.54) is 193 Å². The number of carbonyl (C=O) groups excluding carboxylic acids is 1. The van der Waals surface area contributed by atoms with Gasteiger partial charge in [0.25, 0.3) is 0 Å². The van der Waals surface area contributed by atoms with Crippen LogP contribution in [0, 0.1) is 0 Å². The van der Waals surface area contributed by atoms with Crippen LogP contribution in [-0.2, 0) is 4.74 Å². The number of ether oxygens (including phenoxy) is 1. The topological polar surface area (TPSA) is 64.3 Å². The van der Waals surface area contributed by atoms with Gasteiger partial charge in [-0.05, 0) is 25.7 Å². The molecule has 0 saturated carbocycles. The highest BCUT2D eigenvalue weighted by atomic mass is 16.6. The molecule has 4 heteroatoms. The van der Waals surface area contributed by atoms with Gasteiger partial charge in [0.1, 0.15) is 6.10 Å². The molecule has 42 heavy (non-hydrogen) atoms. The third-order valence-corrected chi connectivity index (χ3v) is 8.95. The molecule has 0 fully saturated rings. The van der Waals surface area contributed by atoms with E-state index in [0.29, 0.717) is 13.1 Å². The van der Waals surface area contributed by atoms with E-state index in [1.54, 1.807) is 0 Å². The molecule has 0 rings (SSSR count). The van der Waals surface area contributed by atoms with Gasteiger partial charge >= 0.3 is 6.09 Å². The molecule has 4 nitrogen and oxygen atoms in total. The van der Waals surface area contributed by atoms with Crippen molar-refractivity contribution < 1.29 is 9.53 Å². The van der Waals surface area contributed by atoms with Crippen molar-refractivity contribution in [2.75, 3.05) is 13.1 Å². The van der Waals surface area contributed by atoms with Crippen molar-refractivity contribution in [3.63, 3.8) is 0 Å². The summed E-state index contributed by atoms with van der Waals surface area (Å²) in [6, 6.07) is 0. The highest BCUT2D eigenvalue weighted by Gasteiger charge is 2.14. The van der Waals surface area contributed by atoms with Crippen LogP contribution in [0.2, 0.25) is 0 Å². The number of hydrogen-bond acceptors (Lipinski definition) is 3. The Hall–Kier alpha value is -0.770. The molecule has 0 saturated heterocycles. The molecular formula is C38H78N2O2. The number of alkyl carbamates (subject to hydrolysis) is 1. The van der Waals surface area contributed by atoms with Crippen LogP contribution in [0.5, 0.6) is 0 Å². The number of hydrogen-bond donors (Lipinski definition) is 2. The second kappa shape index (κ2) is 36.4. The van der Waals surface area contributed by atoms with E-state index in [1.807, 2.05) is 0 Å². The SMILES string of the molecule is CCCCCCCCCCCCCCCCCC(CCCCCCCCCCCCCCCCC)OC(=O)NCCN. The first-order valence-electron chi connectivity index (χ1n) is 19.4. The molecule has 3 N–H and O–H groups in total. The van der Waals surface area contributed by atoms with Gasteiger partial charge < -0.3 is 15.8 Å². The van der Waals surface area contributed by atoms with Crippen molar-refractivity contribution in [2.45, 2.75) is 225 Å². The van der Waals surface area contributed by atoms with Gasteiger partial charge in [-0.25, -0.2) is 4.79 Å². The molecule has 0 aliphatic carbocycles. The van der Waals surface area contributed by atoms with Gasteiger partial charge in [-0.1, -0.05) is 194 Å². The Bertz CT molecular complexity index is 479. The van der Waals surface area contributed by atoms with Gasteiger partial charge in [0.05, 0.1) is 0 Å². The van der Waals surface area contributed by atoms with Gasteiger partial charge in [0, 0.05) is 13.1 Å². The molecule has 0 aromatic carbocycles. The normalized spacial score (nSPS) is 11.4. The summed E-state index contributed by atoms with van der Waals surface area (Å²) in [5, 5.41) is 2.78. The van der Waals surface area contributed by atoms with Crippen LogP contribution in [-0.4, -0.2) is 25.3 Å². The third kappa shape index (κ3) is 33.7. The summed E-state index contributed by atoms with van der Waals surface area (Å²) in [4.78, 5) is 12.1. The average molecular weight is 595 g/mol. The fourth-order valence-electron chi connectivity index (χ4n) is 6.12. The van der Waals surface area contributed by atoms with Crippen LogP contribution in [0.1, 0.15) is 219 Å². The van der Waals surface area contributed by atoms with Gasteiger partial charge in [-0.2, -0.15) is 0 Å². The van der Waals surface area contributed by atoms with E-state index in [0.717, 1.165) is 12.8 Å². The lowest BCUT2D eigenvalue weighted by Crippen LogP contribution is -2.32. The second-order valence-corrected chi connectivity index (χ2v) is 13.2. The molecule has 0 radical (unpaired) electrons. The maximum Gasteiger partial charge on any atom is 0.407 e. The van der Waals surface area contributed by atoms with E-state index in [2.05, 4.69) is 19.2 Å². The van der Waals surface area contributed by atoms with Gasteiger partial charge in [-0.3, -0.25) is 0 Å². The molecular weight excluding hydrogens is 516 g/mol. The first kappa shape index (κ1) is 41.2. The maximum absolute atomic E-state index is 12.1.